The van der Waals surface area contributed by atoms with Crippen LogP contribution in [0.3, 0.4) is 0 Å². The van der Waals surface area contributed by atoms with Gasteiger partial charge in [-0.3, -0.25) is 9.55 Å². The highest BCUT2D eigenvalue weighted by Gasteiger charge is 2.18. The van der Waals surface area contributed by atoms with Crippen molar-refractivity contribution in [2.45, 2.75) is 24.8 Å². The van der Waals surface area contributed by atoms with Gasteiger partial charge in [-0.2, -0.15) is 0 Å². The molecular formula is C23H20N6S. The fraction of sp³-hybridized carbons (Fsp3) is 0.130. The number of pyridine rings is 2. The number of rotatable bonds is 5. The molecule has 0 amide bonds. The van der Waals surface area contributed by atoms with Gasteiger partial charge in [0.05, 0.1) is 11.4 Å². The zero-order valence-electron chi connectivity index (χ0n) is 16.7. The summed E-state index contributed by atoms with van der Waals surface area (Å²) in [5.74, 6) is 1.51. The third-order valence-electron chi connectivity index (χ3n) is 4.93. The van der Waals surface area contributed by atoms with Crippen LogP contribution in [0.15, 0.2) is 78.5 Å². The minimum absolute atomic E-state index is 0.709. The summed E-state index contributed by atoms with van der Waals surface area (Å²) in [6, 6.07) is 16.3. The molecular weight excluding hydrogens is 392 g/mol. The summed E-state index contributed by atoms with van der Waals surface area (Å²) >= 11 is 1.64. The van der Waals surface area contributed by atoms with Crippen molar-refractivity contribution in [3.8, 4) is 17.1 Å². The molecule has 0 radical (unpaired) electrons. The third-order valence-corrected chi connectivity index (χ3v) is 5.89. The maximum absolute atomic E-state index is 4.73. The molecule has 4 aromatic heterocycles. The van der Waals surface area contributed by atoms with Crippen molar-refractivity contribution in [3.05, 3.63) is 90.1 Å². The second kappa shape index (κ2) is 7.76. The van der Waals surface area contributed by atoms with Crippen molar-refractivity contribution >= 4 is 17.4 Å². The Labute approximate surface area is 178 Å². The standard InChI is InChI=1S/C23H20N6S/c1-16-7-8-21-25-19(14-28(21)13-16)15-30-23-27-26-22(18-9-11-24-12-10-18)29(23)20-6-4-3-5-17(20)2/h3-14H,15H2,1-2H3. The van der Waals surface area contributed by atoms with E-state index >= 15 is 0 Å². The van der Waals surface area contributed by atoms with Gasteiger partial charge in [0.2, 0.25) is 0 Å². The molecule has 5 aromatic rings. The molecule has 0 fully saturated rings. The SMILES string of the molecule is Cc1ccc2nc(CSc3nnc(-c4ccncc4)n3-c3ccccc3C)cn2c1. The van der Waals surface area contributed by atoms with Gasteiger partial charge in [0, 0.05) is 36.1 Å². The van der Waals surface area contributed by atoms with Crippen molar-refractivity contribution in [3.63, 3.8) is 0 Å². The fourth-order valence-corrected chi connectivity index (χ4v) is 4.27. The monoisotopic (exact) mass is 412 g/mol. The Morgan fingerprint density at radius 1 is 0.900 bits per heavy atom. The van der Waals surface area contributed by atoms with Crippen LogP contribution in [0.25, 0.3) is 22.7 Å². The van der Waals surface area contributed by atoms with Gasteiger partial charge in [-0.25, -0.2) is 4.98 Å². The molecule has 5 rings (SSSR count). The van der Waals surface area contributed by atoms with Crippen LogP contribution in [0, 0.1) is 13.8 Å². The number of aryl methyl sites for hydroxylation is 2. The minimum atomic E-state index is 0.709. The Bertz CT molecular complexity index is 1320. The molecule has 7 heteroatoms. The smallest absolute Gasteiger partial charge is 0.196 e. The molecule has 148 valence electrons. The normalized spacial score (nSPS) is 11.3. The topological polar surface area (TPSA) is 60.9 Å². The van der Waals surface area contributed by atoms with E-state index in [2.05, 4.69) is 68.6 Å². The lowest BCUT2D eigenvalue weighted by molar-refractivity contribution is 0.879. The molecule has 0 unspecified atom stereocenters. The maximum atomic E-state index is 4.73. The van der Waals surface area contributed by atoms with Gasteiger partial charge >= 0.3 is 0 Å². The Morgan fingerprint density at radius 3 is 2.57 bits per heavy atom. The minimum Gasteiger partial charge on any atom is -0.307 e. The lowest BCUT2D eigenvalue weighted by atomic mass is 10.2. The predicted octanol–water partition coefficient (Wildman–Crippen LogP) is 4.89. The first-order chi connectivity index (χ1) is 14.7. The van der Waals surface area contributed by atoms with Crippen LogP contribution < -0.4 is 0 Å². The number of fused-ring (bicyclic) bond motifs is 1. The number of thioether (sulfide) groups is 1. The van der Waals surface area contributed by atoms with Crippen LogP contribution in [-0.4, -0.2) is 29.1 Å². The molecule has 30 heavy (non-hydrogen) atoms. The van der Waals surface area contributed by atoms with Crippen LogP contribution in [0.4, 0.5) is 0 Å². The first-order valence-electron chi connectivity index (χ1n) is 9.68. The van der Waals surface area contributed by atoms with Gasteiger partial charge in [-0.05, 0) is 49.2 Å². The van der Waals surface area contributed by atoms with E-state index in [0.29, 0.717) is 5.75 Å². The highest BCUT2D eigenvalue weighted by atomic mass is 32.2. The fourth-order valence-electron chi connectivity index (χ4n) is 3.45. The molecule has 0 aliphatic heterocycles. The van der Waals surface area contributed by atoms with Crippen LogP contribution in [-0.2, 0) is 5.75 Å². The van der Waals surface area contributed by atoms with E-state index in [4.69, 9.17) is 4.98 Å². The van der Waals surface area contributed by atoms with Crippen molar-refractivity contribution in [1.82, 2.24) is 29.1 Å². The summed E-state index contributed by atoms with van der Waals surface area (Å²) in [4.78, 5) is 8.86. The average molecular weight is 413 g/mol. The van der Waals surface area contributed by atoms with Gasteiger partial charge in [-0.1, -0.05) is 36.0 Å². The second-order valence-corrected chi connectivity index (χ2v) is 8.10. The van der Waals surface area contributed by atoms with E-state index in [-0.39, 0.29) is 0 Å². The van der Waals surface area contributed by atoms with E-state index < -0.39 is 0 Å². The maximum Gasteiger partial charge on any atom is 0.196 e. The van der Waals surface area contributed by atoms with Crippen molar-refractivity contribution in [2.75, 3.05) is 0 Å². The second-order valence-electron chi connectivity index (χ2n) is 7.16. The Hall–Kier alpha value is -3.45. The number of imidazole rings is 1. The average Bonchev–Trinajstić information content (AvgIpc) is 3.36. The molecule has 0 N–H and O–H groups in total. The van der Waals surface area contributed by atoms with E-state index in [1.165, 1.54) is 5.56 Å². The van der Waals surface area contributed by atoms with E-state index in [9.17, 15) is 0 Å². The summed E-state index contributed by atoms with van der Waals surface area (Å²) < 4.78 is 4.19. The highest BCUT2D eigenvalue weighted by molar-refractivity contribution is 7.98. The number of nitrogens with zero attached hydrogens (tertiary/aromatic N) is 6. The summed E-state index contributed by atoms with van der Waals surface area (Å²) in [5, 5.41) is 9.86. The summed E-state index contributed by atoms with van der Waals surface area (Å²) in [6.45, 7) is 4.18. The van der Waals surface area contributed by atoms with Crippen molar-refractivity contribution < 1.29 is 0 Å². The van der Waals surface area contributed by atoms with Crippen molar-refractivity contribution in [1.29, 1.82) is 0 Å². The van der Waals surface area contributed by atoms with Crippen LogP contribution in [0.5, 0.6) is 0 Å². The van der Waals surface area contributed by atoms with Crippen LogP contribution in [0.1, 0.15) is 16.8 Å². The Morgan fingerprint density at radius 2 is 1.73 bits per heavy atom. The molecule has 0 saturated carbocycles. The van der Waals surface area contributed by atoms with Gasteiger partial charge in [0.15, 0.2) is 11.0 Å². The summed E-state index contributed by atoms with van der Waals surface area (Å²) in [5.41, 5.74) is 6.39. The summed E-state index contributed by atoms with van der Waals surface area (Å²) in [7, 11) is 0. The predicted molar refractivity (Wildman–Crippen MR) is 119 cm³/mol. The molecule has 0 atom stereocenters. The van der Waals surface area contributed by atoms with Gasteiger partial charge in [-0.15, -0.1) is 10.2 Å². The molecule has 0 spiro atoms. The lowest BCUT2D eigenvalue weighted by Gasteiger charge is -2.12. The van der Waals surface area contributed by atoms with E-state index in [0.717, 1.165) is 39.1 Å². The largest absolute Gasteiger partial charge is 0.307 e. The molecule has 0 aliphatic rings. The van der Waals surface area contributed by atoms with Crippen LogP contribution >= 0.6 is 11.8 Å². The molecule has 0 saturated heterocycles. The molecule has 0 bridgehead atoms. The Balaban J connectivity index is 1.53. The van der Waals surface area contributed by atoms with Gasteiger partial charge in [0.1, 0.15) is 5.65 Å². The summed E-state index contributed by atoms with van der Waals surface area (Å²) in [6.07, 6.45) is 7.72. The number of hydrogen-bond donors (Lipinski definition) is 0. The number of aromatic nitrogens is 6. The zero-order chi connectivity index (χ0) is 20.5. The highest BCUT2D eigenvalue weighted by Crippen LogP contribution is 2.30. The van der Waals surface area contributed by atoms with Gasteiger partial charge in [0.25, 0.3) is 0 Å². The Kier molecular flexibility index (Phi) is 4.80. The molecule has 0 aliphatic carbocycles. The van der Waals surface area contributed by atoms with Crippen molar-refractivity contribution in [2.24, 2.45) is 0 Å². The van der Waals surface area contributed by atoms with Crippen LogP contribution in [0.2, 0.25) is 0 Å². The van der Waals surface area contributed by atoms with E-state index in [1.54, 1.807) is 24.2 Å². The quantitative estimate of drug-likeness (QED) is 0.385. The first kappa shape index (κ1) is 18.6. The molecule has 6 nitrogen and oxygen atoms in total. The van der Waals surface area contributed by atoms with Gasteiger partial charge < -0.3 is 4.40 Å². The molecule has 1 aromatic carbocycles. The number of hydrogen-bond acceptors (Lipinski definition) is 5. The lowest BCUT2D eigenvalue weighted by Crippen LogP contribution is -2.02. The van der Waals surface area contributed by atoms with E-state index in [1.807, 2.05) is 30.3 Å². The number of benzene rings is 1. The zero-order valence-corrected chi connectivity index (χ0v) is 17.5. The third kappa shape index (κ3) is 3.48. The molecule has 4 heterocycles. The first-order valence-corrected chi connectivity index (χ1v) is 10.7. The number of para-hydroxylation sites is 1.